The minimum Gasteiger partial charge on any atom is -0.484 e. The molecule has 0 aliphatic carbocycles. The van der Waals surface area contributed by atoms with E-state index in [1.165, 1.54) is 18.3 Å². The van der Waals surface area contributed by atoms with Gasteiger partial charge in [0, 0.05) is 36.1 Å². The normalized spacial score (nSPS) is 19.1. The Bertz CT molecular complexity index is 1130. The summed E-state index contributed by atoms with van der Waals surface area (Å²) in [5.74, 6) is 0.363. The highest BCUT2D eigenvalue weighted by Crippen LogP contribution is 2.26. The second-order valence-electron chi connectivity index (χ2n) is 8.25. The number of piperidine rings is 1. The highest BCUT2D eigenvalue weighted by molar-refractivity contribution is 5.95. The van der Waals surface area contributed by atoms with E-state index in [9.17, 15) is 18.0 Å². The number of nitrogens with one attached hydrogen (secondary N) is 1. The molecule has 0 spiro atoms. The Hall–Kier alpha value is -3.60. The second-order valence-corrected chi connectivity index (χ2v) is 8.25. The number of hydrogen-bond acceptors (Lipinski definition) is 6. The van der Waals surface area contributed by atoms with Crippen LogP contribution in [0.4, 0.5) is 19.0 Å². The Morgan fingerprint density at radius 3 is 2.62 bits per heavy atom. The van der Waals surface area contributed by atoms with E-state index < -0.39 is 12.8 Å². The molecule has 1 saturated heterocycles. The Labute approximate surface area is 194 Å². The third-order valence-corrected chi connectivity index (χ3v) is 5.63. The number of anilines is 1. The number of alkyl halides is 3. The predicted molar refractivity (Wildman–Crippen MR) is 120 cm³/mol. The lowest BCUT2D eigenvalue weighted by atomic mass is 10.0. The molecule has 8 nitrogen and oxygen atoms in total. The molecule has 180 valence electrons. The van der Waals surface area contributed by atoms with E-state index in [1.807, 2.05) is 17.9 Å². The summed E-state index contributed by atoms with van der Waals surface area (Å²) < 4.78 is 43.5. The lowest BCUT2D eigenvalue weighted by Gasteiger charge is -2.37. The zero-order chi connectivity index (χ0) is 24.3. The molecule has 0 radical (unpaired) electrons. The van der Waals surface area contributed by atoms with Crippen LogP contribution in [0.25, 0.3) is 11.3 Å². The maximum absolute atomic E-state index is 12.9. The van der Waals surface area contributed by atoms with Crippen LogP contribution in [0.1, 0.15) is 29.4 Å². The first-order valence-corrected chi connectivity index (χ1v) is 10.8. The lowest BCUT2D eigenvalue weighted by molar-refractivity contribution is -0.153. The van der Waals surface area contributed by atoms with Gasteiger partial charge in [0.05, 0.1) is 5.69 Å². The van der Waals surface area contributed by atoms with Gasteiger partial charge < -0.3 is 15.8 Å². The Balaban J connectivity index is 1.37. The molecule has 2 atom stereocenters. The fourth-order valence-corrected chi connectivity index (χ4v) is 3.99. The predicted octanol–water partition coefficient (Wildman–Crippen LogP) is 3.49. The van der Waals surface area contributed by atoms with E-state index in [1.54, 1.807) is 30.3 Å². The number of likely N-dealkylation sites (N-methyl/N-ethyl adjacent to an activating group) is 1. The van der Waals surface area contributed by atoms with Crippen molar-refractivity contribution in [3.63, 3.8) is 0 Å². The zero-order valence-electron chi connectivity index (χ0n) is 18.5. The maximum atomic E-state index is 12.9. The van der Waals surface area contributed by atoms with Gasteiger partial charge in [-0.05, 0) is 62.4 Å². The van der Waals surface area contributed by atoms with Crippen molar-refractivity contribution in [1.82, 2.24) is 25.0 Å². The SMILES string of the molecule is CN1CC(NC(=O)c2ccnc(-c3ccc(OCC(F)(F)F)cc3)c2)CCC1n1ccc(N)n1. The number of nitrogens with zero attached hydrogens (tertiary/aromatic N) is 4. The number of ether oxygens (including phenoxy) is 1. The molecule has 0 bridgehead atoms. The number of benzene rings is 1. The molecule has 2 unspecified atom stereocenters. The van der Waals surface area contributed by atoms with Crippen molar-refractivity contribution in [3.8, 4) is 17.0 Å². The highest BCUT2D eigenvalue weighted by atomic mass is 19.4. The third kappa shape index (κ3) is 5.84. The summed E-state index contributed by atoms with van der Waals surface area (Å²) in [6.07, 6.45) is 0.668. The summed E-state index contributed by atoms with van der Waals surface area (Å²) >= 11 is 0. The Morgan fingerprint density at radius 2 is 1.97 bits per heavy atom. The number of likely N-dealkylation sites (tertiary alicyclic amines) is 1. The number of hydrogen-bond donors (Lipinski definition) is 2. The highest BCUT2D eigenvalue weighted by Gasteiger charge is 2.29. The molecular formula is C23H25F3N6O2. The van der Waals surface area contributed by atoms with Crippen molar-refractivity contribution < 1.29 is 22.7 Å². The van der Waals surface area contributed by atoms with Crippen LogP contribution in [-0.2, 0) is 0 Å². The van der Waals surface area contributed by atoms with E-state index >= 15 is 0 Å². The van der Waals surface area contributed by atoms with Crippen LogP contribution in [0.3, 0.4) is 0 Å². The fourth-order valence-electron chi connectivity index (χ4n) is 3.99. The monoisotopic (exact) mass is 474 g/mol. The second kappa shape index (κ2) is 9.72. The molecule has 34 heavy (non-hydrogen) atoms. The fraction of sp³-hybridized carbons (Fsp3) is 0.348. The molecule has 1 aromatic carbocycles. The van der Waals surface area contributed by atoms with Crippen LogP contribution in [0.5, 0.6) is 5.75 Å². The van der Waals surface area contributed by atoms with E-state index in [0.717, 1.165) is 12.8 Å². The summed E-state index contributed by atoms with van der Waals surface area (Å²) in [6.45, 7) is -0.694. The van der Waals surface area contributed by atoms with Crippen LogP contribution < -0.4 is 15.8 Å². The molecule has 1 aliphatic rings. The number of carbonyl (C=O) groups excluding carboxylic acids is 1. The summed E-state index contributed by atoms with van der Waals surface area (Å²) in [5, 5.41) is 7.36. The standard InChI is InChI=1S/C23H25F3N6O2/c1-31-13-17(4-7-21(31)32-11-9-20(27)30-32)29-22(33)16-8-10-28-19(12-16)15-2-5-18(6-3-15)34-14-23(24,25)26/h2-3,5-6,8-12,17,21H,4,7,13-14H2,1H3,(H2,27,30)(H,29,33). The van der Waals surface area contributed by atoms with Gasteiger partial charge in [0.15, 0.2) is 6.61 Å². The van der Waals surface area contributed by atoms with Gasteiger partial charge >= 0.3 is 6.18 Å². The molecule has 4 rings (SSSR count). The van der Waals surface area contributed by atoms with E-state index in [4.69, 9.17) is 10.5 Å². The molecule has 1 aliphatic heterocycles. The molecule has 11 heteroatoms. The van der Waals surface area contributed by atoms with Gasteiger partial charge in [0.2, 0.25) is 0 Å². The van der Waals surface area contributed by atoms with E-state index in [0.29, 0.717) is 29.2 Å². The first kappa shape index (κ1) is 23.6. The Kier molecular flexibility index (Phi) is 6.73. The summed E-state index contributed by atoms with van der Waals surface area (Å²) in [7, 11) is 1.98. The molecule has 0 saturated carbocycles. The molecule has 2 aromatic heterocycles. The largest absolute Gasteiger partial charge is 0.484 e. The molecular weight excluding hydrogens is 449 g/mol. The number of rotatable bonds is 6. The topological polar surface area (TPSA) is 98.3 Å². The number of pyridine rings is 1. The molecule has 3 heterocycles. The van der Waals surface area contributed by atoms with Gasteiger partial charge in [-0.1, -0.05) is 0 Å². The van der Waals surface area contributed by atoms with Crippen molar-refractivity contribution in [2.24, 2.45) is 0 Å². The van der Waals surface area contributed by atoms with Gasteiger partial charge in [-0.25, -0.2) is 0 Å². The number of nitrogens with two attached hydrogens (primary N) is 1. The Morgan fingerprint density at radius 1 is 1.21 bits per heavy atom. The average Bonchev–Trinajstić information content (AvgIpc) is 3.23. The van der Waals surface area contributed by atoms with Gasteiger partial charge in [0.1, 0.15) is 17.7 Å². The number of aromatic nitrogens is 3. The van der Waals surface area contributed by atoms with Crippen molar-refractivity contribution in [2.45, 2.75) is 31.2 Å². The number of nitrogen functional groups attached to an aromatic ring is 1. The number of halogens is 3. The summed E-state index contributed by atoms with van der Waals surface area (Å²) in [5.41, 5.74) is 7.36. The number of carbonyl (C=O) groups is 1. The van der Waals surface area contributed by atoms with Crippen LogP contribution in [-0.4, -0.2) is 58.0 Å². The molecule has 3 N–H and O–H groups in total. The van der Waals surface area contributed by atoms with Gasteiger partial charge in [-0.2, -0.15) is 18.3 Å². The molecule has 3 aromatic rings. The molecule has 1 amide bonds. The van der Waals surface area contributed by atoms with Crippen LogP contribution in [0, 0.1) is 0 Å². The van der Waals surface area contributed by atoms with Crippen molar-refractivity contribution >= 4 is 11.7 Å². The van der Waals surface area contributed by atoms with E-state index in [-0.39, 0.29) is 23.9 Å². The van der Waals surface area contributed by atoms with Crippen molar-refractivity contribution in [1.29, 1.82) is 0 Å². The van der Waals surface area contributed by atoms with Crippen LogP contribution >= 0.6 is 0 Å². The quantitative estimate of drug-likeness (QED) is 0.568. The smallest absolute Gasteiger partial charge is 0.422 e. The van der Waals surface area contributed by atoms with Gasteiger partial charge in [0.25, 0.3) is 5.91 Å². The van der Waals surface area contributed by atoms with Crippen molar-refractivity contribution in [3.05, 3.63) is 60.4 Å². The zero-order valence-corrected chi connectivity index (χ0v) is 18.5. The van der Waals surface area contributed by atoms with Gasteiger partial charge in [-0.3, -0.25) is 19.4 Å². The third-order valence-electron chi connectivity index (χ3n) is 5.63. The minimum atomic E-state index is -4.40. The number of amides is 1. The minimum absolute atomic E-state index is 0.0247. The van der Waals surface area contributed by atoms with Crippen molar-refractivity contribution in [2.75, 3.05) is 25.9 Å². The molecule has 1 fully saturated rings. The lowest BCUT2D eigenvalue weighted by Crippen LogP contribution is -2.48. The summed E-state index contributed by atoms with van der Waals surface area (Å²) in [4.78, 5) is 19.3. The first-order chi connectivity index (χ1) is 16.2. The van der Waals surface area contributed by atoms with Gasteiger partial charge in [-0.15, -0.1) is 0 Å². The first-order valence-electron chi connectivity index (χ1n) is 10.8. The summed E-state index contributed by atoms with van der Waals surface area (Å²) in [6, 6.07) is 11.1. The maximum Gasteiger partial charge on any atom is 0.422 e. The van der Waals surface area contributed by atoms with Crippen LogP contribution in [0.2, 0.25) is 0 Å². The average molecular weight is 474 g/mol. The van der Waals surface area contributed by atoms with Crippen LogP contribution in [0.15, 0.2) is 54.9 Å². The van der Waals surface area contributed by atoms with E-state index in [2.05, 4.69) is 20.3 Å².